The molecule has 5 nitrogen and oxygen atoms in total. The normalized spacial score (nSPS) is 22.6. The van der Waals surface area contributed by atoms with Gasteiger partial charge in [-0.15, -0.1) is 0 Å². The van der Waals surface area contributed by atoms with E-state index in [2.05, 4.69) is 0 Å². The van der Waals surface area contributed by atoms with Gasteiger partial charge >= 0.3 is 6.03 Å². The van der Waals surface area contributed by atoms with E-state index in [9.17, 15) is 4.79 Å². The first-order valence-corrected chi connectivity index (χ1v) is 8.64. The molecule has 2 amide bonds. The molecular weight excluding hydrogens is 340 g/mol. The first-order chi connectivity index (χ1) is 12.2. The Labute approximate surface area is 151 Å². The van der Waals surface area contributed by atoms with Gasteiger partial charge < -0.3 is 9.47 Å². The molecule has 2 aliphatic heterocycles. The molecule has 1 atom stereocenters. The number of ether oxygens (including phenoxy) is 2. The Bertz CT molecular complexity index is 799. The van der Waals surface area contributed by atoms with Crippen molar-refractivity contribution in [1.82, 2.24) is 4.90 Å². The third-order valence-corrected chi connectivity index (χ3v) is 4.95. The van der Waals surface area contributed by atoms with Crippen LogP contribution < -0.4 is 4.90 Å². The molecule has 1 fully saturated rings. The van der Waals surface area contributed by atoms with Crippen LogP contribution in [0.15, 0.2) is 48.5 Å². The Balaban J connectivity index is 2.00. The lowest BCUT2D eigenvalue weighted by atomic mass is 9.87. The summed E-state index contributed by atoms with van der Waals surface area (Å²) in [7, 11) is 1.58. The molecule has 25 heavy (non-hydrogen) atoms. The van der Waals surface area contributed by atoms with E-state index in [1.165, 1.54) is 0 Å². The molecule has 1 unspecified atom stereocenters. The molecule has 2 aromatic carbocycles. The summed E-state index contributed by atoms with van der Waals surface area (Å²) in [6, 6.07) is 15.2. The van der Waals surface area contributed by atoms with E-state index in [1.54, 1.807) is 23.0 Å². The number of rotatable bonds is 3. The molecule has 0 spiro atoms. The van der Waals surface area contributed by atoms with Gasteiger partial charge in [0.05, 0.1) is 12.3 Å². The van der Waals surface area contributed by atoms with Gasteiger partial charge in [0.15, 0.2) is 5.72 Å². The summed E-state index contributed by atoms with van der Waals surface area (Å²) < 4.78 is 11.6. The molecule has 2 aromatic rings. The number of carbonyl (C=O) groups excluding carboxylic acids is 1. The van der Waals surface area contributed by atoms with Gasteiger partial charge in [-0.05, 0) is 24.6 Å². The second kappa shape index (κ2) is 6.33. The van der Waals surface area contributed by atoms with Crippen LogP contribution >= 0.6 is 11.6 Å². The third kappa shape index (κ3) is 2.42. The highest BCUT2D eigenvalue weighted by Gasteiger charge is 2.52. The average Bonchev–Trinajstić information content (AvgIpc) is 2.66. The molecular formula is C19H19ClN2O3. The minimum absolute atomic E-state index is 0.125. The standard InChI is InChI=1S/C19H19ClN2O3/c1-24-13-21-17-9-8-15(20)12-16(17)19(14-6-3-2-4-7-14)22(18(21)23)10-5-11-25-19/h2-4,6-9,12H,5,10-11,13H2,1H3. The number of hydrogen-bond donors (Lipinski definition) is 0. The quantitative estimate of drug-likeness (QED) is 0.838. The summed E-state index contributed by atoms with van der Waals surface area (Å²) in [5.74, 6) is 0. The minimum atomic E-state index is -0.957. The van der Waals surface area contributed by atoms with Gasteiger partial charge in [-0.2, -0.15) is 0 Å². The van der Waals surface area contributed by atoms with E-state index in [-0.39, 0.29) is 12.8 Å². The van der Waals surface area contributed by atoms with Gasteiger partial charge in [-0.1, -0.05) is 41.9 Å². The highest BCUT2D eigenvalue weighted by Crippen LogP contribution is 2.48. The zero-order valence-corrected chi connectivity index (χ0v) is 14.7. The summed E-state index contributed by atoms with van der Waals surface area (Å²) in [6.45, 7) is 1.36. The van der Waals surface area contributed by atoms with E-state index in [0.717, 1.165) is 23.2 Å². The van der Waals surface area contributed by atoms with Crippen LogP contribution in [0.25, 0.3) is 0 Å². The van der Waals surface area contributed by atoms with Crippen LogP contribution in [0.3, 0.4) is 0 Å². The second-order valence-electron chi connectivity index (χ2n) is 6.15. The lowest BCUT2D eigenvalue weighted by Crippen LogP contribution is -2.63. The van der Waals surface area contributed by atoms with Crippen LogP contribution in [0, 0.1) is 0 Å². The zero-order valence-electron chi connectivity index (χ0n) is 13.9. The molecule has 6 heteroatoms. The van der Waals surface area contributed by atoms with Gasteiger partial charge in [0, 0.05) is 29.8 Å². The second-order valence-corrected chi connectivity index (χ2v) is 6.59. The summed E-state index contributed by atoms with van der Waals surface area (Å²) in [5, 5.41) is 0.606. The van der Waals surface area contributed by atoms with Crippen LogP contribution in [0.4, 0.5) is 10.5 Å². The van der Waals surface area contributed by atoms with Crippen molar-refractivity contribution in [1.29, 1.82) is 0 Å². The molecule has 0 aromatic heterocycles. The molecule has 1 saturated heterocycles. The van der Waals surface area contributed by atoms with Crippen LogP contribution in [-0.4, -0.2) is 37.9 Å². The first kappa shape index (κ1) is 16.4. The van der Waals surface area contributed by atoms with Crippen molar-refractivity contribution in [2.75, 3.05) is 31.9 Å². The Morgan fingerprint density at radius 2 is 2.04 bits per heavy atom. The number of halogens is 1. The van der Waals surface area contributed by atoms with Crippen molar-refractivity contribution in [2.45, 2.75) is 12.1 Å². The van der Waals surface area contributed by atoms with Crippen LogP contribution in [0.2, 0.25) is 5.02 Å². The number of anilines is 1. The summed E-state index contributed by atoms with van der Waals surface area (Å²) >= 11 is 6.31. The molecule has 2 heterocycles. The smallest absolute Gasteiger partial charge is 0.329 e. The number of methoxy groups -OCH3 is 1. The maximum absolute atomic E-state index is 13.2. The molecule has 0 radical (unpaired) electrons. The monoisotopic (exact) mass is 358 g/mol. The highest BCUT2D eigenvalue weighted by atomic mass is 35.5. The van der Waals surface area contributed by atoms with E-state index in [4.69, 9.17) is 21.1 Å². The average molecular weight is 359 g/mol. The minimum Gasteiger partial charge on any atom is -0.364 e. The molecule has 2 aliphatic rings. The van der Waals surface area contributed by atoms with Crippen molar-refractivity contribution in [3.63, 3.8) is 0 Å². The molecule has 0 saturated carbocycles. The number of carbonyl (C=O) groups is 1. The van der Waals surface area contributed by atoms with Crippen molar-refractivity contribution < 1.29 is 14.3 Å². The Morgan fingerprint density at radius 1 is 1.24 bits per heavy atom. The van der Waals surface area contributed by atoms with E-state index in [0.29, 0.717) is 18.2 Å². The lowest BCUT2D eigenvalue weighted by molar-refractivity contribution is -0.144. The maximum Gasteiger partial charge on any atom is 0.329 e. The summed E-state index contributed by atoms with van der Waals surface area (Å²) in [6.07, 6.45) is 0.789. The molecule has 0 bridgehead atoms. The van der Waals surface area contributed by atoms with Crippen LogP contribution in [0.1, 0.15) is 17.5 Å². The van der Waals surface area contributed by atoms with Gasteiger partial charge in [0.2, 0.25) is 0 Å². The fraction of sp³-hybridized carbons (Fsp3) is 0.316. The topological polar surface area (TPSA) is 42.0 Å². The zero-order chi connectivity index (χ0) is 17.4. The van der Waals surface area contributed by atoms with Crippen molar-refractivity contribution in [3.8, 4) is 0 Å². The van der Waals surface area contributed by atoms with Crippen molar-refractivity contribution in [2.24, 2.45) is 0 Å². The Hall–Kier alpha value is -2.08. The third-order valence-electron chi connectivity index (χ3n) is 4.72. The summed E-state index contributed by atoms with van der Waals surface area (Å²) in [5.41, 5.74) is 1.59. The predicted octanol–water partition coefficient (Wildman–Crippen LogP) is 3.81. The first-order valence-electron chi connectivity index (χ1n) is 8.26. The van der Waals surface area contributed by atoms with Crippen molar-refractivity contribution in [3.05, 3.63) is 64.7 Å². The van der Waals surface area contributed by atoms with Crippen LogP contribution in [0.5, 0.6) is 0 Å². The van der Waals surface area contributed by atoms with E-state index in [1.807, 2.05) is 42.5 Å². The SMILES string of the molecule is COCN1C(=O)N2CCCOC2(c2ccccc2)c2cc(Cl)ccc21. The fourth-order valence-electron chi connectivity index (χ4n) is 3.71. The molecule has 130 valence electrons. The highest BCUT2D eigenvalue weighted by molar-refractivity contribution is 6.30. The summed E-state index contributed by atoms with van der Waals surface area (Å²) in [4.78, 5) is 16.6. The van der Waals surface area contributed by atoms with Gasteiger partial charge in [-0.3, -0.25) is 9.80 Å². The molecule has 4 rings (SSSR count). The van der Waals surface area contributed by atoms with E-state index < -0.39 is 5.72 Å². The number of hydrogen-bond acceptors (Lipinski definition) is 3. The maximum atomic E-state index is 13.2. The Morgan fingerprint density at radius 3 is 2.80 bits per heavy atom. The van der Waals surface area contributed by atoms with Crippen LogP contribution in [-0.2, 0) is 15.2 Å². The Kier molecular flexibility index (Phi) is 4.15. The number of fused-ring (bicyclic) bond motifs is 3. The van der Waals surface area contributed by atoms with Gasteiger partial charge in [0.1, 0.15) is 6.73 Å². The molecule has 0 N–H and O–H groups in total. The number of urea groups is 1. The van der Waals surface area contributed by atoms with Gasteiger partial charge in [0.25, 0.3) is 0 Å². The fourth-order valence-corrected chi connectivity index (χ4v) is 3.88. The number of amides is 2. The van der Waals surface area contributed by atoms with Crippen molar-refractivity contribution >= 4 is 23.3 Å². The van der Waals surface area contributed by atoms with E-state index >= 15 is 0 Å². The molecule has 0 aliphatic carbocycles. The van der Waals surface area contributed by atoms with Gasteiger partial charge in [-0.25, -0.2) is 4.79 Å². The largest absolute Gasteiger partial charge is 0.364 e. The lowest BCUT2D eigenvalue weighted by Gasteiger charge is -2.52. The predicted molar refractivity (Wildman–Crippen MR) is 95.7 cm³/mol. The number of benzene rings is 2. The number of nitrogens with zero attached hydrogens (tertiary/aromatic N) is 2.